The van der Waals surface area contributed by atoms with Gasteiger partial charge in [-0.25, -0.2) is 4.39 Å². The number of carbonyl (C=O) groups is 1. The standard InChI is InChI=1S/C9H18FNO2/c1-3-7(4-2)6-13-9(12)8(11)5-10/h7-8H,3-6,11H2,1-2H3. The van der Waals surface area contributed by atoms with E-state index in [0.717, 1.165) is 12.8 Å². The minimum Gasteiger partial charge on any atom is -0.464 e. The lowest BCUT2D eigenvalue weighted by molar-refractivity contribution is -0.147. The van der Waals surface area contributed by atoms with E-state index < -0.39 is 18.7 Å². The van der Waals surface area contributed by atoms with Gasteiger partial charge in [0.1, 0.15) is 12.7 Å². The Morgan fingerprint density at radius 2 is 2.00 bits per heavy atom. The van der Waals surface area contributed by atoms with Gasteiger partial charge in [0.25, 0.3) is 0 Å². The predicted octanol–water partition coefficient (Wildman–Crippen LogP) is 1.26. The van der Waals surface area contributed by atoms with Gasteiger partial charge in [0, 0.05) is 0 Å². The lowest BCUT2D eigenvalue weighted by Gasteiger charge is -2.14. The summed E-state index contributed by atoms with van der Waals surface area (Å²) in [5.41, 5.74) is 5.14. The summed E-state index contributed by atoms with van der Waals surface area (Å²) in [6.45, 7) is 3.54. The highest BCUT2D eigenvalue weighted by Crippen LogP contribution is 2.07. The van der Waals surface area contributed by atoms with E-state index in [1.165, 1.54) is 0 Å². The van der Waals surface area contributed by atoms with E-state index in [1.54, 1.807) is 0 Å². The van der Waals surface area contributed by atoms with Crippen molar-refractivity contribution in [2.75, 3.05) is 13.3 Å². The molecule has 0 aromatic carbocycles. The van der Waals surface area contributed by atoms with E-state index in [0.29, 0.717) is 12.5 Å². The molecule has 0 bridgehead atoms. The quantitative estimate of drug-likeness (QED) is 0.643. The molecule has 1 unspecified atom stereocenters. The van der Waals surface area contributed by atoms with Gasteiger partial charge in [-0.3, -0.25) is 4.79 Å². The summed E-state index contributed by atoms with van der Waals surface area (Å²) in [5, 5.41) is 0. The topological polar surface area (TPSA) is 52.3 Å². The van der Waals surface area contributed by atoms with Crippen molar-refractivity contribution in [2.45, 2.75) is 32.7 Å². The molecular formula is C9H18FNO2. The van der Waals surface area contributed by atoms with E-state index in [9.17, 15) is 9.18 Å². The molecule has 0 radical (unpaired) electrons. The first-order chi connectivity index (χ1) is 6.15. The van der Waals surface area contributed by atoms with Gasteiger partial charge in [0.15, 0.2) is 0 Å². The normalized spacial score (nSPS) is 13.0. The highest BCUT2D eigenvalue weighted by molar-refractivity contribution is 5.75. The third-order valence-electron chi connectivity index (χ3n) is 2.08. The molecule has 3 nitrogen and oxygen atoms in total. The number of hydrogen-bond donors (Lipinski definition) is 1. The molecule has 0 saturated carbocycles. The highest BCUT2D eigenvalue weighted by atomic mass is 19.1. The first-order valence-corrected chi connectivity index (χ1v) is 4.63. The average molecular weight is 191 g/mol. The Morgan fingerprint density at radius 1 is 1.46 bits per heavy atom. The third-order valence-corrected chi connectivity index (χ3v) is 2.08. The fourth-order valence-corrected chi connectivity index (χ4v) is 0.894. The zero-order valence-corrected chi connectivity index (χ0v) is 8.25. The minimum atomic E-state index is -1.12. The van der Waals surface area contributed by atoms with Crippen molar-refractivity contribution in [3.05, 3.63) is 0 Å². The molecule has 0 heterocycles. The number of hydrogen-bond acceptors (Lipinski definition) is 3. The van der Waals surface area contributed by atoms with Crippen LogP contribution in [0.25, 0.3) is 0 Å². The molecule has 0 aliphatic heterocycles. The number of esters is 1. The van der Waals surface area contributed by atoms with E-state index in [-0.39, 0.29) is 0 Å². The van der Waals surface area contributed by atoms with Crippen LogP contribution in [0.1, 0.15) is 26.7 Å². The van der Waals surface area contributed by atoms with Gasteiger partial charge in [0.2, 0.25) is 0 Å². The van der Waals surface area contributed by atoms with Gasteiger partial charge in [-0.15, -0.1) is 0 Å². The summed E-state index contributed by atoms with van der Waals surface area (Å²) in [4.78, 5) is 10.9. The van der Waals surface area contributed by atoms with Gasteiger partial charge < -0.3 is 10.5 Å². The van der Waals surface area contributed by atoms with Crippen LogP contribution in [0.4, 0.5) is 4.39 Å². The van der Waals surface area contributed by atoms with E-state index in [4.69, 9.17) is 10.5 Å². The van der Waals surface area contributed by atoms with Crippen molar-refractivity contribution in [3.8, 4) is 0 Å². The Kier molecular flexibility index (Phi) is 6.49. The van der Waals surface area contributed by atoms with E-state index in [2.05, 4.69) is 0 Å². The Morgan fingerprint density at radius 3 is 2.38 bits per heavy atom. The second kappa shape index (κ2) is 6.83. The highest BCUT2D eigenvalue weighted by Gasteiger charge is 2.15. The largest absolute Gasteiger partial charge is 0.464 e. The maximum atomic E-state index is 11.9. The molecule has 1 atom stereocenters. The van der Waals surface area contributed by atoms with Crippen LogP contribution in [0.2, 0.25) is 0 Å². The Balaban J connectivity index is 3.68. The average Bonchev–Trinajstić information content (AvgIpc) is 2.17. The van der Waals surface area contributed by atoms with Gasteiger partial charge in [-0.1, -0.05) is 26.7 Å². The van der Waals surface area contributed by atoms with Crippen LogP contribution in [0.15, 0.2) is 0 Å². The van der Waals surface area contributed by atoms with Crippen LogP contribution in [0.3, 0.4) is 0 Å². The summed E-state index contributed by atoms with van der Waals surface area (Å²) in [7, 11) is 0. The SMILES string of the molecule is CCC(CC)COC(=O)C(N)CF. The fraction of sp³-hybridized carbons (Fsp3) is 0.889. The van der Waals surface area contributed by atoms with Crippen LogP contribution >= 0.6 is 0 Å². The number of ether oxygens (including phenoxy) is 1. The van der Waals surface area contributed by atoms with Crippen molar-refractivity contribution < 1.29 is 13.9 Å². The molecule has 13 heavy (non-hydrogen) atoms. The molecule has 0 aromatic heterocycles. The molecule has 0 amide bonds. The monoisotopic (exact) mass is 191 g/mol. The number of carbonyl (C=O) groups excluding carboxylic acids is 1. The van der Waals surface area contributed by atoms with Crippen molar-refractivity contribution in [1.29, 1.82) is 0 Å². The first-order valence-electron chi connectivity index (χ1n) is 4.63. The van der Waals surface area contributed by atoms with Crippen molar-refractivity contribution >= 4 is 5.97 Å². The lowest BCUT2D eigenvalue weighted by Crippen LogP contribution is -2.35. The minimum absolute atomic E-state index is 0.347. The van der Waals surface area contributed by atoms with Gasteiger partial charge in [0.05, 0.1) is 6.61 Å². The molecule has 4 heteroatoms. The van der Waals surface area contributed by atoms with Crippen molar-refractivity contribution in [2.24, 2.45) is 11.7 Å². The number of halogens is 1. The number of nitrogens with two attached hydrogens (primary N) is 1. The molecule has 0 aromatic rings. The van der Waals surface area contributed by atoms with Crippen molar-refractivity contribution in [3.63, 3.8) is 0 Å². The van der Waals surface area contributed by atoms with Gasteiger partial charge >= 0.3 is 5.97 Å². The molecular weight excluding hydrogens is 173 g/mol. The molecule has 0 fully saturated rings. The lowest BCUT2D eigenvalue weighted by atomic mass is 10.1. The summed E-state index contributed by atoms with van der Waals surface area (Å²) in [6.07, 6.45) is 1.91. The number of rotatable bonds is 6. The fourth-order valence-electron chi connectivity index (χ4n) is 0.894. The summed E-state index contributed by atoms with van der Waals surface area (Å²) in [5.74, 6) is -0.287. The third kappa shape index (κ3) is 4.83. The summed E-state index contributed by atoms with van der Waals surface area (Å²) in [6, 6.07) is -1.12. The molecule has 0 saturated heterocycles. The molecule has 78 valence electrons. The van der Waals surface area contributed by atoms with Gasteiger partial charge in [-0.2, -0.15) is 0 Å². The predicted molar refractivity (Wildman–Crippen MR) is 49.0 cm³/mol. The maximum absolute atomic E-state index is 11.9. The maximum Gasteiger partial charge on any atom is 0.325 e. The van der Waals surface area contributed by atoms with E-state index in [1.807, 2.05) is 13.8 Å². The van der Waals surface area contributed by atoms with E-state index >= 15 is 0 Å². The van der Waals surface area contributed by atoms with Crippen molar-refractivity contribution in [1.82, 2.24) is 0 Å². The molecule has 0 aliphatic rings. The Bertz CT molecular complexity index is 149. The molecule has 0 aliphatic carbocycles. The zero-order chi connectivity index (χ0) is 10.3. The van der Waals surface area contributed by atoms with Crippen LogP contribution in [0, 0.1) is 5.92 Å². The molecule has 2 N–H and O–H groups in total. The Labute approximate surface area is 78.4 Å². The van der Waals surface area contributed by atoms with Crippen LogP contribution in [-0.2, 0) is 9.53 Å². The summed E-state index contributed by atoms with van der Waals surface area (Å²) < 4.78 is 16.7. The Hall–Kier alpha value is -0.640. The van der Waals surface area contributed by atoms with Crippen LogP contribution in [-0.4, -0.2) is 25.3 Å². The second-order valence-corrected chi connectivity index (χ2v) is 3.07. The smallest absolute Gasteiger partial charge is 0.325 e. The van der Waals surface area contributed by atoms with Crippen LogP contribution in [0.5, 0.6) is 0 Å². The van der Waals surface area contributed by atoms with Crippen LogP contribution < -0.4 is 5.73 Å². The first kappa shape index (κ1) is 12.4. The second-order valence-electron chi connectivity index (χ2n) is 3.07. The number of alkyl halides is 1. The summed E-state index contributed by atoms with van der Waals surface area (Å²) >= 11 is 0. The molecule has 0 spiro atoms. The zero-order valence-electron chi connectivity index (χ0n) is 8.25. The van der Waals surface area contributed by atoms with Gasteiger partial charge in [-0.05, 0) is 5.92 Å². The molecule has 0 rings (SSSR count).